The third kappa shape index (κ3) is 2.93. The van der Waals surface area contributed by atoms with Gasteiger partial charge in [0.2, 0.25) is 5.91 Å². The molecule has 3 aliphatic rings. The number of amides is 2. The summed E-state index contributed by atoms with van der Waals surface area (Å²) in [7, 11) is 3.44. The van der Waals surface area contributed by atoms with E-state index in [1.165, 1.54) is 0 Å². The fourth-order valence-corrected chi connectivity index (χ4v) is 6.27. The van der Waals surface area contributed by atoms with Gasteiger partial charge in [-0.15, -0.1) is 0 Å². The Morgan fingerprint density at radius 3 is 2.90 bits per heavy atom. The zero-order valence-electron chi connectivity index (χ0n) is 17.7. The Labute approximate surface area is 190 Å². The number of nitrogens with one attached hydrogen (secondary N) is 1. The Balaban J connectivity index is 1.50. The zero-order chi connectivity index (χ0) is 21.8. The Bertz CT molecular complexity index is 1060. The SMILES string of the molecule is COc1ccc(Br)cc1CNC(=O)C1CC2CCCN2C12C(=O)N(C)c1ccccc12. The molecule has 2 fully saturated rings. The molecule has 0 bridgehead atoms. The van der Waals surface area contributed by atoms with Crippen molar-refractivity contribution in [3.05, 3.63) is 58.1 Å². The molecule has 1 spiro atoms. The topological polar surface area (TPSA) is 61.9 Å². The van der Waals surface area contributed by atoms with Crippen molar-refractivity contribution in [2.45, 2.75) is 37.4 Å². The molecule has 0 aliphatic carbocycles. The van der Waals surface area contributed by atoms with E-state index in [1.807, 2.05) is 49.5 Å². The number of halogens is 1. The van der Waals surface area contributed by atoms with Crippen LogP contribution in [0, 0.1) is 5.92 Å². The lowest BCUT2D eigenvalue weighted by atomic mass is 9.78. The highest BCUT2D eigenvalue weighted by molar-refractivity contribution is 9.10. The second kappa shape index (κ2) is 7.64. The van der Waals surface area contributed by atoms with Crippen molar-refractivity contribution in [1.29, 1.82) is 0 Å². The van der Waals surface area contributed by atoms with Crippen LogP contribution in [0.5, 0.6) is 5.75 Å². The number of carbonyl (C=O) groups is 2. The summed E-state index contributed by atoms with van der Waals surface area (Å²) in [5.74, 6) is 0.245. The summed E-state index contributed by atoms with van der Waals surface area (Å²) >= 11 is 3.49. The number of likely N-dealkylation sites (N-methyl/N-ethyl adjacent to an activating group) is 1. The quantitative estimate of drug-likeness (QED) is 0.723. The van der Waals surface area contributed by atoms with Crippen molar-refractivity contribution in [3.8, 4) is 5.75 Å². The van der Waals surface area contributed by atoms with E-state index in [1.54, 1.807) is 12.0 Å². The van der Waals surface area contributed by atoms with Crippen LogP contribution in [0.3, 0.4) is 0 Å². The van der Waals surface area contributed by atoms with Crippen molar-refractivity contribution in [3.63, 3.8) is 0 Å². The van der Waals surface area contributed by atoms with Gasteiger partial charge < -0.3 is 15.0 Å². The van der Waals surface area contributed by atoms with Gasteiger partial charge in [0.25, 0.3) is 5.91 Å². The number of ether oxygens (including phenoxy) is 1. The van der Waals surface area contributed by atoms with E-state index in [2.05, 4.69) is 26.1 Å². The molecule has 2 aromatic carbocycles. The van der Waals surface area contributed by atoms with Crippen LogP contribution < -0.4 is 15.0 Å². The van der Waals surface area contributed by atoms with Gasteiger partial charge in [0.05, 0.1) is 13.0 Å². The molecule has 0 radical (unpaired) electrons. The van der Waals surface area contributed by atoms with Gasteiger partial charge in [-0.2, -0.15) is 0 Å². The van der Waals surface area contributed by atoms with E-state index in [0.717, 1.165) is 46.4 Å². The summed E-state index contributed by atoms with van der Waals surface area (Å²) in [6.45, 7) is 1.20. The van der Waals surface area contributed by atoms with Gasteiger partial charge in [0.15, 0.2) is 0 Å². The second-order valence-electron chi connectivity index (χ2n) is 8.60. The summed E-state index contributed by atoms with van der Waals surface area (Å²) < 4.78 is 6.38. The molecule has 6 nitrogen and oxygen atoms in total. The van der Waals surface area contributed by atoms with Crippen molar-refractivity contribution in [2.24, 2.45) is 5.92 Å². The third-order valence-corrected chi connectivity index (χ3v) is 7.65. The monoisotopic (exact) mass is 483 g/mol. The number of methoxy groups -OCH3 is 1. The third-order valence-electron chi connectivity index (χ3n) is 7.16. The van der Waals surface area contributed by atoms with Gasteiger partial charge in [-0.05, 0) is 50.1 Å². The van der Waals surface area contributed by atoms with Crippen LogP contribution in [0.4, 0.5) is 5.69 Å². The first-order chi connectivity index (χ1) is 15.0. The van der Waals surface area contributed by atoms with Crippen LogP contribution in [0.15, 0.2) is 46.9 Å². The van der Waals surface area contributed by atoms with Gasteiger partial charge in [-0.1, -0.05) is 34.1 Å². The largest absolute Gasteiger partial charge is 0.496 e. The standard InChI is InChI=1S/C24H26BrN3O3/c1-27-20-8-4-3-7-18(20)24(23(27)30)19(13-17-6-5-11-28(17)24)22(29)26-14-15-12-16(25)9-10-21(15)31-2/h3-4,7-10,12,17,19H,5-6,11,13-14H2,1-2H3,(H,26,29). The molecule has 31 heavy (non-hydrogen) atoms. The molecule has 2 saturated heterocycles. The molecule has 3 unspecified atom stereocenters. The molecule has 0 aromatic heterocycles. The Morgan fingerprint density at radius 2 is 2.10 bits per heavy atom. The van der Waals surface area contributed by atoms with E-state index in [0.29, 0.717) is 13.0 Å². The normalized spacial score (nSPS) is 26.9. The molecular formula is C24H26BrN3O3. The number of fused-ring (bicyclic) bond motifs is 4. The van der Waals surface area contributed by atoms with Crippen LogP contribution in [-0.2, 0) is 21.7 Å². The van der Waals surface area contributed by atoms with E-state index < -0.39 is 11.5 Å². The van der Waals surface area contributed by atoms with Crippen LogP contribution in [0.25, 0.3) is 0 Å². The van der Waals surface area contributed by atoms with Gasteiger partial charge in [-0.3, -0.25) is 14.5 Å². The number of hydrogen-bond donors (Lipinski definition) is 1. The molecule has 0 saturated carbocycles. The van der Waals surface area contributed by atoms with E-state index >= 15 is 0 Å². The number of anilines is 1. The predicted molar refractivity (Wildman–Crippen MR) is 122 cm³/mol. The molecule has 3 atom stereocenters. The van der Waals surface area contributed by atoms with Crippen LogP contribution >= 0.6 is 15.9 Å². The predicted octanol–water partition coefficient (Wildman–Crippen LogP) is 3.43. The van der Waals surface area contributed by atoms with Gasteiger partial charge in [0, 0.05) is 40.9 Å². The molecule has 3 aliphatic heterocycles. The average molecular weight is 484 g/mol. The maximum atomic E-state index is 13.7. The number of carbonyl (C=O) groups excluding carboxylic acids is 2. The molecule has 2 aromatic rings. The summed E-state index contributed by atoms with van der Waals surface area (Å²) in [5, 5.41) is 3.11. The minimum Gasteiger partial charge on any atom is -0.496 e. The van der Waals surface area contributed by atoms with Gasteiger partial charge in [0.1, 0.15) is 11.3 Å². The van der Waals surface area contributed by atoms with E-state index in [9.17, 15) is 9.59 Å². The first-order valence-electron chi connectivity index (χ1n) is 10.7. The van der Waals surface area contributed by atoms with E-state index in [-0.39, 0.29) is 17.9 Å². The van der Waals surface area contributed by atoms with Gasteiger partial charge in [-0.25, -0.2) is 0 Å². The van der Waals surface area contributed by atoms with E-state index in [4.69, 9.17) is 4.74 Å². The molecule has 162 valence electrons. The molecule has 2 amide bonds. The number of rotatable bonds is 4. The Morgan fingerprint density at radius 1 is 1.29 bits per heavy atom. The fourth-order valence-electron chi connectivity index (χ4n) is 5.86. The summed E-state index contributed by atoms with van der Waals surface area (Å²) in [6.07, 6.45) is 2.80. The second-order valence-corrected chi connectivity index (χ2v) is 9.52. The minimum atomic E-state index is -0.905. The smallest absolute Gasteiger partial charge is 0.252 e. The summed E-state index contributed by atoms with van der Waals surface area (Å²) in [5.41, 5.74) is 1.87. The molecular weight excluding hydrogens is 458 g/mol. The molecule has 1 N–H and O–H groups in total. The Hall–Kier alpha value is -2.38. The highest BCUT2D eigenvalue weighted by atomic mass is 79.9. The number of nitrogens with zero attached hydrogens (tertiary/aromatic N) is 2. The maximum absolute atomic E-state index is 13.7. The lowest BCUT2D eigenvalue weighted by Crippen LogP contribution is -2.55. The molecule has 3 heterocycles. The van der Waals surface area contributed by atoms with Crippen molar-refractivity contribution in [2.75, 3.05) is 25.6 Å². The average Bonchev–Trinajstić information content (AvgIpc) is 3.42. The van der Waals surface area contributed by atoms with Crippen LogP contribution in [0.1, 0.15) is 30.4 Å². The number of hydrogen-bond acceptors (Lipinski definition) is 4. The first kappa shape index (κ1) is 20.5. The lowest BCUT2D eigenvalue weighted by molar-refractivity contribution is -0.138. The zero-order valence-corrected chi connectivity index (χ0v) is 19.3. The maximum Gasteiger partial charge on any atom is 0.252 e. The number of para-hydroxylation sites is 1. The van der Waals surface area contributed by atoms with Gasteiger partial charge >= 0.3 is 0 Å². The summed E-state index contributed by atoms with van der Waals surface area (Å²) in [6, 6.07) is 13.9. The minimum absolute atomic E-state index is 0.0123. The Kier molecular flexibility index (Phi) is 5.06. The van der Waals surface area contributed by atoms with Crippen molar-refractivity contribution >= 4 is 33.4 Å². The highest BCUT2D eigenvalue weighted by Crippen LogP contribution is 2.56. The number of benzene rings is 2. The highest BCUT2D eigenvalue weighted by Gasteiger charge is 2.66. The summed E-state index contributed by atoms with van der Waals surface area (Å²) in [4.78, 5) is 31.4. The van der Waals surface area contributed by atoms with Crippen LogP contribution in [-0.4, -0.2) is 43.5 Å². The molecule has 7 heteroatoms. The fraction of sp³-hybridized carbons (Fsp3) is 0.417. The first-order valence-corrected chi connectivity index (χ1v) is 11.5. The van der Waals surface area contributed by atoms with Crippen molar-refractivity contribution in [1.82, 2.24) is 10.2 Å². The van der Waals surface area contributed by atoms with Crippen molar-refractivity contribution < 1.29 is 14.3 Å². The lowest BCUT2D eigenvalue weighted by Gasteiger charge is -2.37. The molecule has 5 rings (SSSR count). The van der Waals surface area contributed by atoms with Crippen LogP contribution in [0.2, 0.25) is 0 Å².